The molecule has 0 aliphatic carbocycles. The molecule has 23 heavy (non-hydrogen) atoms. The molecule has 0 spiro atoms. The van der Waals surface area contributed by atoms with E-state index in [1.54, 1.807) is 14.2 Å². The van der Waals surface area contributed by atoms with E-state index in [0.717, 1.165) is 42.3 Å². The van der Waals surface area contributed by atoms with Gasteiger partial charge in [0.2, 0.25) is 5.91 Å². The molecule has 0 bridgehead atoms. The highest BCUT2D eigenvalue weighted by Crippen LogP contribution is 2.36. The number of amides is 1. The van der Waals surface area contributed by atoms with E-state index in [-0.39, 0.29) is 18.3 Å². The molecule has 7 heteroatoms. The molecule has 0 aromatic heterocycles. The third-order valence-corrected chi connectivity index (χ3v) is 3.93. The normalized spacial score (nSPS) is 9.91. The molecule has 0 fully saturated rings. The Morgan fingerprint density at radius 2 is 1.87 bits per heavy atom. The Balaban J connectivity index is 0.00000484. The number of hydrogen-bond acceptors (Lipinski definition) is 4. The quantitative estimate of drug-likeness (QED) is 0.581. The van der Waals surface area contributed by atoms with Gasteiger partial charge in [0.1, 0.15) is 0 Å². The third kappa shape index (κ3) is 7.90. The fourth-order valence-corrected chi connectivity index (χ4v) is 2.80. The number of ether oxygens (including phenoxy) is 2. The first-order valence-electron chi connectivity index (χ1n) is 7.49. The Bertz CT molecular complexity index is 487. The summed E-state index contributed by atoms with van der Waals surface area (Å²) in [5.74, 6) is 1.36. The highest BCUT2D eigenvalue weighted by molar-refractivity contribution is 9.10. The predicted molar refractivity (Wildman–Crippen MR) is 98.5 cm³/mol. The van der Waals surface area contributed by atoms with Gasteiger partial charge in [-0.15, -0.1) is 12.4 Å². The summed E-state index contributed by atoms with van der Waals surface area (Å²) in [7, 11) is 3.18. The van der Waals surface area contributed by atoms with Crippen LogP contribution in [0.3, 0.4) is 0 Å². The van der Waals surface area contributed by atoms with Crippen LogP contribution in [0.15, 0.2) is 16.6 Å². The zero-order valence-corrected chi connectivity index (χ0v) is 16.1. The summed E-state index contributed by atoms with van der Waals surface area (Å²) in [6, 6.07) is 3.79. The zero-order chi connectivity index (χ0) is 16.4. The van der Waals surface area contributed by atoms with Crippen molar-refractivity contribution in [1.29, 1.82) is 0 Å². The molecule has 1 aromatic carbocycles. The van der Waals surface area contributed by atoms with Crippen LogP contribution in [0.4, 0.5) is 0 Å². The topological polar surface area (TPSA) is 73.6 Å². The Kier molecular flexibility index (Phi) is 11.9. The Hall–Kier alpha value is -0.980. The van der Waals surface area contributed by atoms with Gasteiger partial charge in [-0.2, -0.15) is 0 Å². The van der Waals surface area contributed by atoms with Crippen LogP contribution in [-0.2, 0) is 11.3 Å². The van der Waals surface area contributed by atoms with E-state index in [1.807, 2.05) is 12.1 Å². The van der Waals surface area contributed by atoms with Gasteiger partial charge in [-0.1, -0.05) is 12.8 Å². The van der Waals surface area contributed by atoms with Gasteiger partial charge in [-0.25, -0.2) is 0 Å². The van der Waals surface area contributed by atoms with Gasteiger partial charge in [0, 0.05) is 13.0 Å². The van der Waals surface area contributed by atoms with Crippen molar-refractivity contribution in [3.05, 3.63) is 22.2 Å². The minimum Gasteiger partial charge on any atom is -0.493 e. The van der Waals surface area contributed by atoms with E-state index in [0.29, 0.717) is 24.5 Å². The molecule has 0 aliphatic rings. The van der Waals surface area contributed by atoms with Gasteiger partial charge in [-0.05, 0) is 53.0 Å². The van der Waals surface area contributed by atoms with Gasteiger partial charge in [0.05, 0.1) is 18.7 Å². The monoisotopic (exact) mass is 408 g/mol. The maximum Gasteiger partial charge on any atom is 0.220 e. The molecule has 0 heterocycles. The number of halogens is 2. The zero-order valence-electron chi connectivity index (χ0n) is 13.7. The second kappa shape index (κ2) is 12.4. The van der Waals surface area contributed by atoms with Gasteiger partial charge >= 0.3 is 0 Å². The highest BCUT2D eigenvalue weighted by Gasteiger charge is 2.11. The van der Waals surface area contributed by atoms with E-state index < -0.39 is 0 Å². The third-order valence-electron chi connectivity index (χ3n) is 3.34. The molecule has 0 aliphatic heterocycles. The number of benzene rings is 1. The smallest absolute Gasteiger partial charge is 0.220 e. The predicted octanol–water partition coefficient (Wildman–Crippen LogP) is 3.41. The summed E-state index contributed by atoms with van der Waals surface area (Å²) < 4.78 is 11.4. The minimum atomic E-state index is 0. The molecule has 3 N–H and O–H groups in total. The first-order valence-corrected chi connectivity index (χ1v) is 8.28. The fourth-order valence-electron chi connectivity index (χ4n) is 2.15. The number of nitrogens with two attached hydrogens (primary N) is 1. The Morgan fingerprint density at radius 3 is 2.48 bits per heavy atom. The van der Waals surface area contributed by atoms with Gasteiger partial charge in [0.15, 0.2) is 11.5 Å². The molecule has 0 unspecified atom stereocenters. The lowest BCUT2D eigenvalue weighted by molar-refractivity contribution is -0.121. The van der Waals surface area contributed by atoms with Crippen LogP contribution in [0.25, 0.3) is 0 Å². The molecule has 0 radical (unpaired) electrons. The van der Waals surface area contributed by atoms with E-state index >= 15 is 0 Å². The molecular formula is C16H26BrClN2O3. The molecule has 0 atom stereocenters. The maximum atomic E-state index is 11.8. The van der Waals surface area contributed by atoms with Crippen LogP contribution in [-0.4, -0.2) is 26.7 Å². The van der Waals surface area contributed by atoms with Crippen molar-refractivity contribution < 1.29 is 14.3 Å². The second-order valence-corrected chi connectivity index (χ2v) is 5.90. The van der Waals surface area contributed by atoms with Crippen LogP contribution in [0.2, 0.25) is 0 Å². The van der Waals surface area contributed by atoms with Crippen LogP contribution >= 0.6 is 28.3 Å². The lowest BCUT2D eigenvalue weighted by atomic mass is 10.1. The summed E-state index contributed by atoms with van der Waals surface area (Å²) in [5.41, 5.74) is 6.40. The van der Waals surface area contributed by atoms with Crippen molar-refractivity contribution in [2.75, 3.05) is 20.8 Å². The first kappa shape index (κ1) is 22.0. The molecule has 132 valence electrons. The first-order chi connectivity index (χ1) is 10.6. The van der Waals surface area contributed by atoms with Crippen molar-refractivity contribution in [2.24, 2.45) is 5.73 Å². The average molecular weight is 410 g/mol. The van der Waals surface area contributed by atoms with Gasteiger partial charge in [0.25, 0.3) is 0 Å². The Morgan fingerprint density at radius 1 is 1.17 bits per heavy atom. The van der Waals surface area contributed by atoms with E-state index in [4.69, 9.17) is 15.2 Å². The number of methoxy groups -OCH3 is 2. The molecule has 1 amide bonds. The van der Waals surface area contributed by atoms with E-state index in [1.165, 1.54) is 0 Å². The fraction of sp³-hybridized carbons (Fsp3) is 0.562. The molecule has 5 nitrogen and oxygen atoms in total. The van der Waals surface area contributed by atoms with E-state index in [9.17, 15) is 4.79 Å². The van der Waals surface area contributed by atoms with Crippen molar-refractivity contribution in [3.63, 3.8) is 0 Å². The van der Waals surface area contributed by atoms with Gasteiger partial charge in [-0.3, -0.25) is 4.79 Å². The number of nitrogens with one attached hydrogen (secondary N) is 1. The highest BCUT2D eigenvalue weighted by atomic mass is 79.9. The average Bonchev–Trinajstić information content (AvgIpc) is 2.52. The number of unbranched alkanes of at least 4 members (excludes halogenated alkanes) is 3. The van der Waals surface area contributed by atoms with Crippen molar-refractivity contribution in [3.8, 4) is 11.5 Å². The standard InChI is InChI=1S/C16H25BrN2O3.ClH/c1-21-14-10-12(9-13(17)16(14)22-2)11-19-15(20)7-5-3-4-6-8-18;/h9-10H,3-8,11,18H2,1-2H3,(H,19,20);1H. The maximum absolute atomic E-state index is 11.8. The summed E-state index contributed by atoms with van der Waals surface area (Å²) in [6.45, 7) is 1.20. The van der Waals surface area contributed by atoms with Crippen molar-refractivity contribution >= 4 is 34.2 Å². The van der Waals surface area contributed by atoms with Gasteiger partial charge < -0.3 is 20.5 Å². The lowest BCUT2D eigenvalue weighted by Crippen LogP contribution is -2.22. The molecule has 1 rings (SSSR count). The largest absolute Gasteiger partial charge is 0.493 e. The van der Waals surface area contributed by atoms with Crippen molar-refractivity contribution in [2.45, 2.75) is 38.6 Å². The lowest BCUT2D eigenvalue weighted by Gasteiger charge is -2.12. The molecule has 0 saturated heterocycles. The SMILES string of the molecule is COc1cc(CNC(=O)CCCCCCN)cc(Br)c1OC.Cl. The number of hydrogen-bond donors (Lipinski definition) is 2. The number of carbonyl (C=O) groups excluding carboxylic acids is 1. The molecular weight excluding hydrogens is 384 g/mol. The van der Waals surface area contributed by atoms with E-state index in [2.05, 4.69) is 21.2 Å². The minimum absolute atomic E-state index is 0. The summed E-state index contributed by atoms with van der Waals surface area (Å²) in [5, 5.41) is 2.93. The molecule has 1 aromatic rings. The number of rotatable bonds is 10. The summed E-state index contributed by atoms with van der Waals surface area (Å²) in [4.78, 5) is 11.8. The van der Waals surface area contributed by atoms with Crippen LogP contribution in [0.5, 0.6) is 11.5 Å². The number of carbonyl (C=O) groups is 1. The van der Waals surface area contributed by atoms with Crippen LogP contribution in [0.1, 0.15) is 37.7 Å². The Labute approximate surface area is 152 Å². The van der Waals surface area contributed by atoms with Crippen LogP contribution < -0.4 is 20.5 Å². The summed E-state index contributed by atoms with van der Waals surface area (Å²) in [6.07, 6.45) is 4.63. The molecule has 0 saturated carbocycles. The van der Waals surface area contributed by atoms with Crippen molar-refractivity contribution in [1.82, 2.24) is 5.32 Å². The van der Waals surface area contributed by atoms with Crippen LogP contribution in [0, 0.1) is 0 Å². The summed E-state index contributed by atoms with van der Waals surface area (Å²) >= 11 is 3.44. The second-order valence-electron chi connectivity index (χ2n) is 5.04.